The number of nitrogens with two attached hydrogens (primary N) is 1. The van der Waals surface area contributed by atoms with E-state index in [-0.39, 0.29) is 24.5 Å². The first-order chi connectivity index (χ1) is 19.4. The highest BCUT2D eigenvalue weighted by atomic mass is 19.3. The fourth-order valence-electron chi connectivity index (χ4n) is 4.01. The van der Waals surface area contributed by atoms with Crippen LogP contribution in [0, 0.1) is 0 Å². The lowest BCUT2D eigenvalue weighted by Gasteiger charge is -2.30. The van der Waals surface area contributed by atoms with Crippen molar-refractivity contribution in [2.24, 2.45) is 9.98 Å². The SMILES string of the molecule is CC=Nc1cc(OC)c(OCCOc2cccnc2)cc1C(=NC)N[C@H](C)c1cc(N)cc(C(F)(F)C(C)(C)O)c1. The Morgan fingerprint density at radius 2 is 1.88 bits per heavy atom. The van der Waals surface area contributed by atoms with Crippen molar-refractivity contribution in [3.8, 4) is 17.2 Å². The van der Waals surface area contributed by atoms with Gasteiger partial charge in [0.15, 0.2) is 11.5 Å². The van der Waals surface area contributed by atoms with Crippen molar-refractivity contribution in [2.75, 3.05) is 33.1 Å². The lowest BCUT2D eigenvalue weighted by molar-refractivity contribution is -0.168. The second kappa shape index (κ2) is 13.4. The summed E-state index contributed by atoms with van der Waals surface area (Å²) in [6.07, 6.45) is 4.91. The lowest BCUT2D eigenvalue weighted by atomic mass is 9.91. The molecule has 0 bridgehead atoms. The molecule has 41 heavy (non-hydrogen) atoms. The Balaban J connectivity index is 1.89. The molecule has 1 heterocycles. The lowest BCUT2D eigenvalue weighted by Crippen LogP contribution is -2.40. The minimum absolute atomic E-state index is 0.148. The first-order valence-corrected chi connectivity index (χ1v) is 13.0. The molecule has 0 unspecified atom stereocenters. The first kappa shape index (κ1) is 31.3. The van der Waals surface area contributed by atoms with Gasteiger partial charge >= 0.3 is 5.92 Å². The van der Waals surface area contributed by atoms with Crippen molar-refractivity contribution in [3.05, 3.63) is 71.5 Å². The van der Waals surface area contributed by atoms with Crippen LogP contribution in [0.4, 0.5) is 20.2 Å². The zero-order valence-electron chi connectivity index (χ0n) is 24.1. The monoisotopic (exact) mass is 569 g/mol. The molecule has 0 aliphatic carbocycles. The van der Waals surface area contributed by atoms with E-state index in [2.05, 4.69) is 20.3 Å². The molecule has 3 aromatic rings. The average molecular weight is 570 g/mol. The molecule has 0 amide bonds. The zero-order chi connectivity index (χ0) is 30.2. The molecule has 0 fully saturated rings. The summed E-state index contributed by atoms with van der Waals surface area (Å²) in [6, 6.07) is 10.7. The van der Waals surface area contributed by atoms with E-state index in [9.17, 15) is 13.9 Å². The van der Waals surface area contributed by atoms with Gasteiger partial charge in [0, 0.05) is 42.3 Å². The minimum Gasteiger partial charge on any atom is -0.493 e. The number of aromatic nitrogens is 1. The molecular formula is C30H37F2N5O4. The van der Waals surface area contributed by atoms with Crippen LogP contribution in [-0.4, -0.2) is 55.1 Å². The number of halogens is 2. The number of aliphatic hydroxyl groups is 1. The molecule has 0 saturated heterocycles. The highest BCUT2D eigenvalue weighted by Crippen LogP contribution is 2.40. The van der Waals surface area contributed by atoms with Gasteiger partial charge < -0.3 is 30.4 Å². The van der Waals surface area contributed by atoms with E-state index in [1.54, 1.807) is 69.8 Å². The molecule has 0 aliphatic heterocycles. The molecule has 0 radical (unpaired) electrons. The summed E-state index contributed by atoms with van der Waals surface area (Å²) in [5.41, 5.74) is 5.13. The number of hydrogen-bond donors (Lipinski definition) is 3. The number of ether oxygens (including phenoxy) is 3. The van der Waals surface area contributed by atoms with E-state index >= 15 is 0 Å². The van der Waals surface area contributed by atoms with Gasteiger partial charge in [-0.1, -0.05) is 0 Å². The summed E-state index contributed by atoms with van der Waals surface area (Å²) in [5, 5.41) is 13.3. The third kappa shape index (κ3) is 7.69. The van der Waals surface area contributed by atoms with Crippen LogP contribution in [0.5, 0.6) is 17.2 Å². The van der Waals surface area contributed by atoms with Crippen molar-refractivity contribution in [1.29, 1.82) is 0 Å². The third-order valence-corrected chi connectivity index (χ3v) is 6.23. The summed E-state index contributed by atoms with van der Waals surface area (Å²) in [7, 11) is 3.14. The molecule has 2 aromatic carbocycles. The normalized spacial score (nSPS) is 13.2. The molecule has 1 aromatic heterocycles. The van der Waals surface area contributed by atoms with Crippen LogP contribution in [0.1, 0.15) is 50.4 Å². The number of amidine groups is 1. The molecule has 9 nitrogen and oxygen atoms in total. The molecule has 3 rings (SSSR count). The maximum Gasteiger partial charge on any atom is 0.300 e. The van der Waals surface area contributed by atoms with Crippen LogP contribution < -0.4 is 25.3 Å². The van der Waals surface area contributed by atoms with Gasteiger partial charge in [0.2, 0.25) is 0 Å². The van der Waals surface area contributed by atoms with Gasteiger partial charge in [-0.25, -0.2) is 0 Å². The van der Waals surface area contributed by atoms with Crippen LogP contribution in [0.3, 0.4) is 0 Å². The summed E-state index contributed by atoms with van der Waals surface area (Å²) >= 11 is 0. The van der Waals surface area contributed by atoms with Gasteiger partial charge in [-0.05, 0) is 69.7 Å². The number of hydrogen-bond acceptors (Lipinski definition) is 8. The second-order valence-electron chi connectivity index (χ2n) is 9.75. The van der Waals surface area contributed by atoms with E-state index < -0.39 is 17.6 Å². The highest BCUT2D eigenvalue weighted by molar-refractivity contribution is 6.04. The number of nitrogen functional groups attached to an aromatic ring is 1. The van der Waals surface area contributed by atoms with E-state index in [0.717, 1.165) is 13.8 Å². The van der Waals surface area contributed by atoms with Crippen molar-refractivity contribution in [3.63, 3.8) is 0 Å². The number of aliphatic imine (C=N–C) groups is 2. The van der Waals surface area contributed by atoms with Gasteiger partial charge in [-0.3, -0.25) is 15.0 Å². The standard InChI is InChI=1S/C30H37F2N5O4/c1-7-36-25-17-26(39-6)27(41-12-11-40-23-9-8-10-35-18-23)16-24(25)28(34-5)37-19(2)20-13-21(15-22(33)14-20)30(31,32)29(3,4)38/h7-10,13-19,38H,11-12,33H2,1-6H3,(H,34,37)/t19-/m1/s1. The van der Waals surface area contributed by atoms with Crippen molar-refractivity contribution in [1.82, 2.24) is 10.3 Å². The summed E-state index contributed by atoms with van der Waals surface area (Å²) < 4.78 is 47.1. The minimum atomic E-state index is -3.52. The molecule has 220 valence electrons. The zero-order valence-corrected chi connectivity index (χ0v) is 24.1. The Kier molecular flexibility index (Phi) is 10.2. The number of alkyl halides is 2. The Morgan fingerprint density at radius 1 is 1.15 bits per heavy atom. The topological polar surface area (TPSA) is 124 Å². The predicted molar refractivity (Wildman–Crippen MR) is 157 cm³/mol. The summed E-state index contributed by atoms with van der Waals surface area (Å²) in [4.78, 5) is 12.9. The quantitative estimate of drug-likeness (QED) is 0.115. The van der Waals surface area contributed by atoms with Crippen LogP contribution >= 0.6 is 0 Å². The second-order valence-corrected chi connectivity index (χ2v) is 9.75. The number of nitrogens with zero attached hydrogens (tertiary/aromatic N) is 3. The number of methoxy groups -OCH3 is 1. The van der Waals surface area contributed by atoms with Gasteiger partial charge in [0.05, 0.1) is 25.0 Å². The molecule has 0 saturated carbocycles. The number of pyridine rings is 1. The van der Waals surface area contributed by atoms with Crippen molar-refractivity contribution < 1.29 is 28.1 Å². The maximum absolute atomic E-state index is 15.0. The van der Waals surface area contributed by atoms with Gasteiger partial charge in [-0.15, -0.1) is 0 Å². The number of rotatable bonds is 12. The Labute approximate surface area is 239 Å². The molecule has 11 heteroatoms. The van der Waals surface area contributed by atoms with E-state index in [4.69, 9.17) is 19.9 Å². The number of anilines is 1. The number of nitrogens with one attached hydrogen (secondary N) is 1. The Bertz CT molecular complexity index is 1380. The first-order valence-electron chi connectivity index (χ1n) is 13.0. The Morgan fingerprint density at radius 3 is 2.49 bits per heavy atom. The van der Waals surface area contributed by atoms with Crippen LogP contribution in [0.2, 0.25) is 0 Å². The van der Waals surface area contributed by atoms with Crippen molar-refractivity contribution in [2.45, 2.75) is 45.3 Å². The van der Waals surface area contributed by atoms with Gasteiger partial charge in [-0.2, -0.15) is 8.78 Å². The van der Waals surface area contributed by atoms with E-state index in [1.165, 1.54) is 19.2 Å². The third-order valence-electron chi connectivity index (χ3n) is 6.23. The van der Waals surface area contributed by atoms with Crippen molar-refractivity contribution >= 4 is 23.4 Å². The van der Waals surface area contributed by atoms with E-state index in [0.29, 0.717) is 39.9 Å². The molecule has 4 N–H and O–H groups in total. The molecule has 1 atom stereocenters. The smallest absolute Gasteiger partial charge is 0.300 e. The van der Waals surface area contributed by atoms with Crippen LogP contribution in [0.15, 0.2) is 64.8 Å². The largest absolute Gasteiger partial charge is 0.493 e. The number of benzene rings is 2. The van der Waals surface area contributed by atoms with Crippen LogP contribution in [0.25, 0.3) is 0 Å². The fraction of sp³-hybridized carbons (Fsp3) is 0.367. The molecule has 0 aliphatic rings. The van der Waals surface area contributed by atoms with Gasteiger partial charge in [0.25, 0.3) is 0 Å². The summed E-state index contributed by atoms with van der Waals surface area (Å²) in [6.45, 7) is 6.20. The van der Waals surface area contributed by atoms with Gasteiger partial charge in [0.1, 0.15) is 30.4 Å². The van der Waals surface area contributed by atoms with E-state index in [1.807, 2.05) is 0 Å². The summed E-state index contributed by atoms with van der Waals surface area (Å²) in [5.74, 6) is -1.55. The molecule has 0 spiro atoms. The predicted octanol–water partition coefficient (Wildman–Crippen LogP) is 5.44. The average Bonchev–Trinajstić information content (AvgIpc) is 2.94. The maximum atomic E-state index is 15.0. The van der Waals surface area contributed by atoms with Crippen LogP contribution in [-0.2, 0) is 5.92 Å². The fourth-order valence-corrected chi connectivity index (χ4v) is 4.01. The Hall–Kier alpha value is -4.25. The highest BCUT2D eigenvalue weighted by Gasteiger charge is 2.47. The molecular weight excluding hydrogens is 532 g/mol.